The highest BCUT2D eigenvalue weighted by molar-refractivity contribution is 4.99. The summed E-state index contributed by atoms with van der Waals surface area (Å²) < 4.78 is 0. The van der Waals surface area contributed by atoms with Gasteiger partial charge in [0.25, 0.3) is 0 Å². The van der Waals surface area contributed by atoms with E-state index in [0.717, 1.165) is 19.4 Å². The Balaban J connectivity index is 2.18. The summed E-state index contributed by atoms with van der Waals surface area (Å²) >= 11 is 0. The number of nitrogens with zero attached hydrogens (tertiary/aromatic N) is 1. The maximum Gasteiger partial charge on any atom is 0.158 e. The predicted octanol–water partition coefficient (Wildman–Crippen LogP) is -1.93. The number of hydrogen-bond acceptors (Lipinski definition) is 5. The molecule has 0 amide bonds. The molecule has 0 saturated carbocycles. The van der Waals surface area contributed by atoms with Crippen molar-refractivity contribution in [3.8, 4) is 0 Å². The summed E-state index contributed by atoms with van der Waals surface area (Å²) in [6.45, 7) is 0.728. The molecular weight excluding hydrogens is 174 g/mol. The van der Waals surface area contributed by atoms with Gasteiger partial charge >= 0.3 is 0 Å². The Morgan fingerprint density at radius 1 is 1.23 bits per heavy atom. The van der Waals surface area contributed by atoms with E-state index < -0.39 is 24.5 Å². The zero-order valence-corrected chi connectivity index (χ0v) is 7.24. The van der Waals surface area contributed by atoms with Crippen LogP contribution in [0.25, 0.3) is 0 Å². The van der Waals surface area contributed by atoms with Crippen LogP contribution in [0.2, 0.25) is 0 Å². The van der Waals surface area contributed by atoms with Crippen molar-refractivity contribution < 1.29 is 20.4 Å². The molecule has 0 bridgehead atoms. The molecule has 76 valence electrons. The third-order valence-electron chi connectivity index (χ3n) is 3.17. The van der Waals surface area contributed by atoms with Crippen molar-refractivity contribution >= 4 is 0 Å². The lowest BCUT2D eigenvalue weighted by molar-refractivity contribution is -0.124. The Hall–Kier alpha value is -0.200. The second kappa shape index (κ2) is 3.18. The lowest BCUT2D eigenvalue weighted by Crippen LogP contribution is -2.36. The average Bonchev–Trinajstić information content (AvgIpc) is 2.57. The molecule has 0 aromatic carbocycles. The molecule has 0 aromatic heterocycles. The van der Waals surface area contributed by atoms with Crippen molar-refractivity contribution in [2.75, 3.05) is 6.54 Å². The van der Waals surface area contributed by atoms with Gasteiger partial charge in [-0.15, -0.1) is 0 Å². The Bertz CT molecular complexity index is 199. The molecule has 4 unspecified atom stereocenters. The highest BCUT2D eigenvalue weighted by Gasteiger charge is 2.51. The van der Waals surface area contributed by atoms with Crippen molar-refractivity contribution in [3.05, 3.63) is 0 Å². The van der Waals surface area contributed by atoms with Gasteiger partial charge in [-0.25, -0.2) is 0 Å². The van der Waals surface area contributed by atoms with Crippen LogP contribution in [0.4, 0.5) is 0 Å². The first-order valence-electron chi connectivity index (χ1n) is 4.61. The Morgan fingerprint density at radius 3 is 2.54 bits per heavy atom. The van der Waals surface area contributed by atoms with Gasteiger partial charge in [0, 0.05) is 12.6 Å². The fourth-order valence-corrected chi connectivity index (χ4v) is 2.55. The lowest BCUT2D eigenvalue weighted by atomic mass is 9.95. The standard InChI is InChI=1S/C8H15NO4/c10-6-5(8(12)13)4-2-1-3-9(4)7(6)11/h4-8,10-13H,1-3H2. The molecule has 0 radical (unpaired) electrons. The maximum atomic E-state index is 9.54. The van der Waals surface area contributed by atoms with Crippen molar-refractivity contribution in [2.24, 2.45) is 5.92 Å². The van der Waals surface area contributed by atoms with E-state index in [1.165, 1.54) is 0 Å². The van der Waals surface area contributed by atoms with E-state index in [9.17, 15) is 10.2 Å². The van der Waals surface area contributed by atoms with Gasteiger partial charge in [-0.1, -0.05) is 0 Å². The molecule has 0 aliphatic carbocycles. The van der Waals surface area contributed by atoms with Crippen LogP contribution >= 0.6 is 0 Å². The second-order valence-corrected chi connectivity index (χ2v) is 3.84. The summed E-state index contributed by atoms with van der Waals surface area (Å²) in [6.07, 6.45) is -1.75. The molecule has 2 saturated heterocycles. The van der Waals surface area contributed by atoms with E-state index in [0.29, 0.717) is 0 Å². The molecule has 2 aliphatic heterocycles. The van der Waals surface area contributed by atoms with Crippen LogP contribution in [0.5, 0.6) is 0 Å². The van der Waals surface area contributed by atoms with Crippen molar-refractivity contribution in [1.82, 2.24) is 4.90 Å². The minimum Gasteiger partial charge on any atom is -0.388 e. The summed E-state index contributed by atoms with van der Waals surface area (Å²) in [5, 5.41) is 37.2. The van der Waals surface area contributed by atoms with Gasteiger partial charge in [0.1, 0.15) is 12.3 Å². The van der Waals surface area contributed by atoms with Crippen molar-refractivity contribution in [3.63, 3.8) is 0 Å². The van der Waals surface area contributed by atoms with E-state index in [-0.39, 0.29) is 6.04 Å². The first-order valence-corrected chi connectivity index (χ1v) is 4.61. The van der Waals surface area contributed by atoms with Crippen LogP contribution in [-0.2, 0) is 0 Å². The van der Waals surface area contributed by atoms with Crippen LogP contribution in [-0.4, -0.2) is 56.5 Å². The van der Waals surface area contributed by atoms with Gasteiger partial charge in [0.05, 0.1) is 5.92 Å². The molecule has 2 rings (SSSR count). The van der Waals surface area contributed by atoms with E-state index in [1.807, 2.05) is 0 Å². The third kappa shape index (κ3) is 1.28. The SMILES string of the molecule is OC(O)C1C(O)C(O)N2CCCC12. The summed E-state index contributed by atoms with van der Waals surface area (Å²) in [7, 11) is 0. The Kier molecular flexibility index (Phi) is 2.29. The first-order chi connectivity index (χ1) is 6.13. The monoisotopic (exact) mass is 189 g/mol. The van der Waals surface area contributed by atoms with E-state index >= 15 is 0 Å². The fraction of sp³-hybridized carbons (Fsp3) is 1.00. The molecule has 2 aliphatic rings. The molecule has 5 heteroatoms. The Labute approximate surface area is 76.2 Å². The Morgan fingerprint density at radius 2 is 1.92 bits per heavy atom. The van der Waals surface area contributed by atoms with E-state index in [2.05, 4.69) is 0 Å². The molecule has 4 atom stereocenters. The summed E-state index contributed by atoms with van der Waals surface area (Å²) in [6, 6.07) is -0.0787. The zero-order chi connectivity index (χ0) is 9.59. The largest absolute Gasteiger partial charge is 0.388 e. The summed E-state index contributed by atoms with van der Waals surface area (Å²) in [5.41, 5.74) is 0. The number of hydrogen-bond donors (Lipinski definition) is 4. The highest BCUT2D eigenvalue weighted by atomic mass is 16.5. The minimum atomic E-state index is -1.54. The minimum absolute atomic E-state index is 0.0787. The van der Waals surface area contributed by atoms with Gasteiger partial charge in [-0.05, 0) is 12.8 Å². The van der Waals surface area contributed by atoms with Gasteiger partial charge in [-0.3, -0.25) is 4.90 Å². The van der Waals surface area contributed by atoms with Crippen LogP contribution in [0, 0.1) is 5.92 Å². The van der Waals surface area contributed by atoms with Gasteiger partial charge in [0.2, 0.25) is 0 Å². The number of rotatable bonds is 1. The van der Waals surface area contributed by atoms with Crippen LogP contribution in [0.3, 0.4) is 0 Å². The summed E-state index contributed by atoms with van der Waals surface area (Å²) in [4.78, 5) is 1.74. The van der Waals surface area contributed by atoms with Gasteiger partial charge < -0.3 is 20.4 Å². The van der Waals surface area contributed by atoms with E-state index in [1.54, 1.807) is 4.90 Å². The fourth-order valence-electron chi connectivity index (χ4n) is 2.55. The number of aliphatic hydroxyl groups excluding tert-OH is 3. The molecule has 2 heterocycles. The average molecular weight is 189 g/mol. The van der Waals surface area contributed by atoms with Crippen molar-refractivity contribution in [1.29, 1.82) is 0 Å². The maximum absolute atomic E-state index is 9.54. The van der Waals surface area contributed by atoms with Gasteiger partial charge in [0.15, 0.2) is 6.29 Å². The molecule has 2 fully saturated rings. The number of fused-ring (bicyclic) bond motifs is 1. The van der Waals surface area contributed by atoms with Gasteiger partial charge in [-0.2, -0.15) is 0 Å². The molecule has 0 spiro atoms. The number of aliphatic hydroxyl groups is 4. The molecule has 0 aromatic rings. The summed E-state index contributed by atoms with van der Waals surface area (Å²) in [5.74, 6) is -0.627. The second-order valence-electron chi connectivity index (χ2n) is 3.84. The zero-order valence-electron chi connectivity index (χ0n) is 7.24. The predicted molar refractivity (Wildman–Crippen MR) is 43.5 cm³/mol. The topological polar surface area (TPSA) is 84.2 Å². The van der Waals surface area contributed by atoms with Crippen molar-refractivity contribution in [2.45, 2.75) is 37.5 Å². The smallest absolute Gasteiger partial charge is 0.158 e. The molecule has 13 heavy (non-hydrogen) atoms. The normalized spacial score (nSPS) is 45.9. The van der Waals surface area contributed by atoms with Crippen LogP contribution in [0.15, 0.2) is 0 Å². The molecule has 5 nitrogen and oxygen atoms in total. The highest BCUT2D eigenvalue weighted by Crippen LogP contribution is 2.37. The van der Waals surface area contributed by atoms with Crippen LogP contribution in [0.1, 0.15) is 12.8 Å². The third-order valence-corrected chi connectivity index (χ3v) is 3.17. The molecular formula is C8H15NO4. The first kappa shape index (κ1) is 9.36. The lowest BCUT2D eigenvalue weighted by Gasteiger charge is -2.21. The molecule has 4 N–H and O–H groups in total. The quantitative estimate of drug-likeness (QED) is 0.361. The van der Waals surface area contributed by atoms with Crippen LogP contribution < -0.4 is 0 Å². The van der Waals surface area contributed by atoms with E-state index in [4.69, 9.17) is 10.2 Å².